The summed E-state index contributed by atoms with van der Waals surface area (Å²) in [6.07, 6.45) is 6.46. The van der Waals surface area contributed by atoms with Crippen LogP contribution in [0.2, 0.25) is 0 Å². The fourth-order valence-electron chi connectivity index (χ4n) is 2.87. The van der Waals surface area contributed by atoms with Gasteiger partial charge in [-0.25, -0.2) is 0 Å². The van der Waals surface area contributed by atoms with Gasteiger partial charge in [0.1, 0.15) is 12.4 Å². The molecule has 3 heteroatoms. The molecule has 0 radical (unpaired) electrons. The minimum Gasteiger partial charge on any atom is -0.491 e. The maximum absolute atomic E-state index is 6.46. The van der Waals surface area contributed by atoms with Crippen molar-refractivity contribution in [2.75, 3.05) is 20.3 Å². The second-order valence-corrected chi connectivity index (χ2v) is 5.30. The van der Waals surface area contributed by atoms with E-state index in [2.05, 4.69) is 6.07 Å². The largest absolute Gasteiger partial charge is 0.491 e. The van der Waals surface area contributed by atoms with Gasteiger partial charge in [-0.05, 0) is 24.8 Å². The van der Waals surface area contributed by atoms with Crippen molar-refractivity contribution in [1.29, 1.82) is 0 Å². The molecule has 0 aromatic heterocycles. The molecule has 0 aliphatic heterocycles. The second kappa shape index (κ2) is 7.51. The van der Waals surface area contributed by atoms with E-state index in [4.69, 9.17) is 15.2 Å². The molecule has 1 aromatic rings. The Morgan fingerprint density at radius 1 is 1.16 bits per heavy atom. The number of methoxy groups -OCH3 is 1. The number of nitrogens with two attached hydrogens (primary N) is 1. The summed E-state index contributed by atoms with van der Waals surface area (Å²) >= 11 is 0. The molecule has 1 atom stereocenters. The Morgan fingerprint density at radius 2 is 1.89 bits per heavy atom. The third-order valence-electron chi connectivity index (χ3n) is 3.98. The Kier molecular flexibility index (Phi) is 5.67. The van der Waals surface area contributed by atoms with E-state index in [-0.39, 0.29) is 6.04 Å². The average Bonchev–Trinajstić information content (AvgIpc) is 2.48. The molecule has 19 heavy (non-hydrogen) atoms. The first-order valence-corrected chi connectivity index (χ1v) is 7.29. The summed E-state index contributed by atoms with van der Waals surface area (Å²) in [5, 5.41) is 0. The van der Waals surface area contributed by atoms with Crippen molar-refractivity contribution in [3.05, 3.63) is 29.8 Å². The molecule has 106 valence electrons. The summed E-state index contributed by atoms with van der Waals surface area (Å²) < 4.78 is 10.8. The fourth-order valence-corrected chi connectivity index (χ4v) is 2.87. The summed E-state index contributed by atoms with van der Waals surface area (Å²) in [5.74, 6) is 1.51. The van der Waals surface area contributed by atoms with Crippen LogP contribution in [0.3, 0.4) is 0 Å². The van der Waals surface area contributed by atoms with Crippen LogP contribution in [-0.2, 0) is 4.74 Å². The Morgan fingerprint density at radius 3 is 2.63 bits per heavy atom. The maximum atomic E-state index is 6.46. The molecule has 0 spiro atoms. The zero-order chi connectivity index (χ0) is 13.5. The molecule has 0 heterocycles. The molecule has 1 aliphatic rings. The van der Waals surface area contributed by atoms with Crippen LogP contribution in [0.4, 0.5) is 0 Å². The molecule has 2 rings (SSSR count). The zero-order valence-electron chi connectivity index (χ0n) is 11.8. The molecule has 2 N–H and O–H groups in total. The second-order valence-electron chi connectivity index (χ2n) is 5.30. The first-order valence-electron chi connectivity index (χ1n) is 7.29. The van der Waals surface area contributed by atoms with Crippen LogP contribution in [0, 0.1) is 5.92 Å². The Labute approximate surface area is 116 Å². The summed E-state index contributed by atoms with van der Waals surface area (Å²) in [5.41, 5.74) is 7.61. The smallest absolute Gasteiger partial charge is 0.124 e. The predicted octanol–water partition coefficient (Wildman–Crippen LogP) is 3.29. The zero-order valence-corrected chi connectivity index (χ0v) is 11.8. The first kappa shape index (κ1) is 14.4. The van der Waals surface area contributed by atoms with E-state index >= 15 is 0 Å². The monoisotopic (exact) mass is 263 g/mol. The van der Waals surface area contributed by atoms with Gasteiger partial charge >= 0.3 is 0 Å². The van der Waals surface area contributed by atoms with Gasteiger partial charge in [0.05, 0.1) is 6.61 Å². The lowest BCUT2D eigenvalue weighted by molar-refractivity contribution is 0.145. The van der Waals surface area contributed by atoms with E-state index in [9.17, 15) is 0 Å². The summed E-state index contributed by atoms with van der Waals surface area (Å²) in [6.45, 7) is 1.18. The van der Waals surface area contributed by atoms with Crippen LogP contribution in [0.5, 0.6) is 5.75 Å². The van der Waals surface area contributed by atoms with E-state index in [1.807, 2.05) is 18.2 Å². The lowest BCUT2D eigenvalue weighted by Crippen LogP contribution is -2.24. The summed E-state index contributed by atoms with van der Waals surface area (Å²) in [6, 6.07) is 8.24. The highest BCUT2D eigenvalue weighted by Gasteiger charge is 2.23. The van der Waals surface area contributed by atoms with Crippen molar-refractivity contribution in [1.82, 2.24) is 0 Å². The van der Waals surface area contributed by atoms with Gasteiger partial charge in [-0.3, -0.25) is 0 Å². The normalized spacial score (nSPS) is 18.2. The average molecular weight is 263 g/mol. The van der Waals surface area contributed by atoms with Crippen molar-refractivity contribution >= 4 is 0 Å². The number of hydrogen-bond donors (Lipinski definition) is 1. The highest BCUT2D eigenvalue weighted by atomic mass is 16.5. The molecule has 1 fully saturated rings. The number of ether oxygens (including phenoxy) is 2. The van der Waals surface area contributed by atoms with E-state index < -0.39 is 0 Å². The van der Waals surface area contributed by atoms with Crippen molar-refractivity contribution in [3.8, 4) is 5.75 Å². The van der Waals surface area contributed by atoms with Crippen LogP contribution in [0.25, 0.3) is 0 Å². The third-order valence-corrected chi connectivity index (χ3v) is 3.98. The molecule has 3 nitrogen and oxygen atoms in total. The topological polar surface area (TPSA) is 44.5 Å². The van der Waals surface area contributed by atoms with Crippen LogP contribution in [-0.4, -0.2) is 20.3 Å². The third kappa shape index (κ3) is 3.95. The van der Waals surface area contributed by atoms with Crippen LogP contribution in [0.15, 0.2) is 24.3 Å². The molecule has 1 unspecified atom stereocenters. The van der Waals surface area contributed by atoms with Crippen molar-refractivity contribution in [2.45, 2.75) is 38.1 Å². The molecule has 0 saturated heterocycles. The number of benzene rings is 1. The van der Waals surface area contributed by atoms with Gasteiger partial charge < -0.3 is 15.2 Å². The summed E-state index contributed by atoms with van der Waals surface area (Å²) in [4.78, 5) is 0. The van der Waals surface area contributed by atoms with E-state index in [0.29, 0.717) is 19.1 Å². The van der Waals surface area contributed by atoms with Gasteiger partial charge in [-0.15, -0.1) is 0 Å². The Hall–Kier alpha value is -1.06. The fraction of sp³-hybridized carbons (Fsp3) is 0.625. The standard InChI is InChI=1S/C16H25NO2/c1-18-11-12-19-15-10-6-5-9-14(15)16(17)13-7-3-2-4-8-13/h5-6,9-10,13,16H,2-4,7-8,11-12,17H2,1H3. The minimum absolute atomic E-state index is 0.0963. The van der Waals surface area contributed by atoms with Crippen LogP contribution < -0.4 is 10.5 Å². The van der Waals surface area contributed by atoms with E-state index in [0.717, 1.165) is 11.3 Å². The lowest BCUT2D eigenvalue weighted by Gasteiger charge is -2.28. The van der Waals surface area contributed by atoms with Gasteiger partial charge in [0, 0.05) is 18.7 Å². The Balaban J connectivity index is 2.04. The number of rotatable bonds is 6. The minimum atomic E-state index is 0.0963. The molecule has 0 bridgehead atoms. The van der Waals surface area contributed by atoms with Gasteiger partial charge in [-0.2, -0.15) is 0 Å². The highest BCUT2D eigenvalue weighted by Crippen LogP contribution is 2.36. The van der Waals surface area contributed by atoms with Gasteiger partial charge in [0.15, 0.2) is 0 Å². The summed E-state index contributed by atoms with van der Waals surface area (Å²) in [7, 11) is 1.68. The Bertz CT molecular complexity index is 375. The van der Waals surface area contributed by atoms with Crippen molar-refractivity contribution < 1.29 is 9.47 Å². The maximum Gasteiger partial charge on any atom is 0.124 e. The SMILES string of the molecule is COCCOc1ccccc1C(N)C1CCCCC1. The molecular formula is C16H25NO2. The molecule has 1 aromatic carbocycles. The van der Waals surface area contributed by atoms with Gasteiger partial charge in [-0.1, -0.05) is 37.5 Å². The number of para-hydroxylation sites is 1. The van der Waals surface area contributed by atoms with Crippen LogP contribution in [0.1, 0.15) is 43.7 Å². The van der Waals surface area contributed by atoms with Crippen molar-refractivity contribution in [3.63, 3.8) is 0 Å². The van der Waals surface area contributed by atoms with Gasteiger partial charge in [0.25, 0.3) is 0 Å². The lowest BCUT2D eigenvalue weighted by atomic mass is 9.81. The van der Waals surface area contributed by atoms with E-state index in [1.54, 1.807) is 7.11 Å². The molecule has 0 amide bonds. The van der Waals surface area contributed by atoms with Crippen LogP contribution >= 0.6 is 0 Å². The van der Waals surface area contributed by atoms with E-state index in [1.165, 1.54) is 32.1 Å². The van der Waals surface area contributed by atoms with Gasteiger partial charge in [0.2, 0.25) is 0 Å². The number of hydrogen-bond acceptors (Lipinski definition) is 3. The highest BCUT2D eigenvalue weighted by molar-refractivity contribution is 5.36. The molecule has 1 saturated carbocycles. The molecular weight excluding hydrogens is 238 g/mol. The quantitative estimate of drug-likeness (QED) is 0.801. The molecule has 1 aliphatic carbocycles. The first-order chi connectivity index (χ1) is 9.33. The predicted molar refractivity (Wildman–Crippen MR) is 77.3 cm³/mol. The van der Waals surface area contributed by atoms with Crippen molar-refractivity contribution in [2.24, 2.45) is 11.7 Å².